The molecule has 0 aromatic heterocycles. The molecule has 0 spiro atoms. The Morgan fingerprint density at radius 2 is 1.76 bits per heavy atom. The number of likely N-dealkylation sites (tertiary alicyclic amines) is 1. The average molecular weight is 340 g/mol. The molecule has 3 aliphatic rings. The largest absolute Gasteiger partial charge is 0.343 e. The summed E-state index contributed by atoms with van der Waals surface area (Å²) in [6.45, 7) is 1.46. The van der Waals surface area contributed by atoms with Gasteiger partial charge in [0, 0.05) is 31.1 Å². The molecule has 4 nitrogen and oxygen atoms in total. The second-order valence-corrected chi connectivity index (χ2v) is 8.15. The Morgan fingerprint density at radius 3 is 2.40 bits per heavy atom. The Balaban J connectivity index is 1.24. The molecule has 3 atom stereocenters. The van der Waals surface area contributed by atoms with Crippen LogP contribution in [0.3, 0.4) is 0 Å². The highest BCUT2D eigenvalue weighted by molar-refractivity contribution is 5.92. The average Bonchev–Trinajstić information content (AvgIpc) is 3.25. The molecule has 1 aromatic rings. The van der Waals surface area contributed by atoms with Crippen LogP contribution in [0.1, 0.15) is 44.9 Å². The SMILES string of the molecule is O=C(Nc1ccccc1)C1CCN(C(=O)CC2CC3CCC2C3)CC1. The predicted molar refractivity (Wildman–Crippen MR) is 97.9 cm³/mol. The molecule has 134 valence electrons. The molecule has 2 amide bonds. The summed E-state index contributed by atoms with van der Waals surface area (Å²) in [5.74, 6) is 2.77. The fraction of sp³-hybridized carbons (Fsp3) is 0.619. The van der Waals surface area contributed by atoms with E-state index in [1.807, 2.05) is 35.2 Å². The molecule has 2 aliphatic carbocycles. The fourth-order valence-corrected chi connectivity index (χ4v) is 5.14. The Bertz CT molecular complexity index is 622. The Kier molecular flexibility index (Phi) is 4.78. The molecule has 2 saturated carbocycles. The van der Waals surface area contributed by atoms with Crippen LogP contribution in [0, 0.1) is 23.7 Å². The van der Waals surface area contributed by atoms with Gasteiger partial charge in [0.1, 0.15) is 0 Å². The Hall–Kier alpha value is -1.84. The van der Waals surface area contributed by atoms with E-state index in [4.69, 9.17) is 0 Å². The van der Waals surface area contributed by atoms with E-state index in [9.17, 15) is 9.59 Å². The number of benzene rings is 1. The van der Waals surface area contributed by atoms with Crippen molar-refractivity contribution in [2.24, 2.45) is 23.7 Å². The molecule has 1 aromatic carbocycles. The first-order valence-corrected chi connectivity index (χ1v) is 9.82. The van der Waals surface area contributed by atoms with Crippen LogP contribution in [-0.4, -0.2) is 29.8 Å². The van der Waals surface area contributed by atoms with E-state index in [0.29, 0.717) is 11.8 Å². The number of piperidine rings is 1. The second-order valence-electron chi connectivity index (χ2n) is 8.15. The molecule has 25 heavy (non-hydrogen) atoms. The molecule has 1 N–H and O–H groups in total. The van der Waals surface area contributed by atoms with Crippen molar-refractivity contribution < 1.29 is 9.59 Å². The van der Waals surface area contributed by atoms with Crippen molar-refractivity contribution in [2.45, 2.75) is 44.9 Å². The number of hydrogen-bond donors (Lipinski definition) is 1. The van der Waals surface area contributed by atoms with Gasteiger partial charge in [-0.15, -0.1) is 0 Å². The van der Waals surface area contributed by atoms with Gasteiger partial charge in [0.15, 0.2) is 0 Å². The summed E-state index contributed by atoms with van der Waals surface area (Å²) in [7, 11) is 0. The summed E-state index contributed by atoms with van der Waals surface area (Å²) in [4.78, 5) is 27.0. The minimum atomic E-state index is 0.0201. The summed E-state index contributed by atoms with van der Waals surface area (Å²) in [6, 6.07) is 9.60. The molecule has 0 radical (unpaired) electrons. The fourth-order valence-electron chi connectivity index (χ4n) is 5.14. The van der Waals surface area contributed by atoms with Crippen LogP contribution in [0.5, 0.6) is 0 Å². The maximum Gasteiger partial charge on any atom is 0.227 e. The lowest BCUT2D eigenvalue weighted by molar-refractivity contribution is -0.135. The van der Waals surface area contributed by atoms with Crippen molar-refractivity contribution >= 4 is 17.5 Å². The molecule has 4 heteroatoms. The molecule has 1 heterocycles. The van der Waals surface area contributed by atoms with Crippen molar-refractivity contribution in [3.05, 3.63) is 30.3 Å². The first-order valence-electron chi connectivity index (χ1n) is 9.82. The zero-order chi connectivity index (χ0) is 17.2. The summed E-state index contributed by atoms with van der Waals surface area (Å²) >= 11 is 0. The topological polar surface area (TPSA) is 49.4 Å². The standard InChI is InChI=1S/C21H28N2O2/c24-20(14-18-13-15-6-7-17(18)12-15)23-10-8-16(9-11-23)21(25)22-19-4-2-1-3-5-19/h1-5,15-18H,6-14H2,(H,22,25). The quantitative estimate of drug-likeness (QED) is 0.909. The highest BCUT2D eigenvalue weighted by Gasteiger charge is 2.41. The number of anilines is 1. The number of carbonyl (C=O) groups is 2. The Labute approximate surface area is 150 Å². The van der Waals surface area contributed by atoms with Crippen LogP contribution in [-0.2, 0) is 9.59 Å². The molecular weight excluding hydrogens is 312 g/mol. The molecule has 4 rings (SSSR count). The molecule has 3 fully saturated rings. The van der Waals surface area contributed by atoms with E-state index >= 15 is 0 Å². The summed E-state index contributed by atoms with van der Waals surface area (Å²) < 4.78 is 0. The maximum atomic E-state index is 12.6. The maximum absolute atomic E-state index is 12.6. The van der Waals surface area contributed by atoms with Crippen LogP contribution >= 0.6 is 0 Å². The smallest absolute Gasteiger partial charge is 0.227 e. The summed E-state index contributed by atoms with van der Waals surface area (Å²) in [5.41, 5.74) is 0.849. The third-order valence-corrected chi connectivity index (χ3v) is 6.58. The second kappa shape index (κ2) is 7.19. The number of nitrogens with one attached hydrogen (secondary N) is 1. The van der Waals surface area contributed by atoms with Crippen LogP contribution in [0.4, 0.5) is 5.69 Å². The van der Waals surface area contributed by atoms with Gasteiger partial charge in [0.25, 0.3) is 0 Å². The number of nitrogens with zero attached hydrogens (tertiary/aromatic N) is 1. The van der Waals surface area contributed by atoms with Crippen molar-refractivity contribution in [2.75, 3.05) is 18.4 Å². The highest BCUT2D eigenvalue weighted by Crippen LogP contribution is 2.49. The molecule has 1 aliphatic heterocycles. The van der Waals surface area contributed by atoms with Gasteiger partial charge in [-0.05, 0) is 62.0 Å². The van der Waals surface area contributed by atoms with Crippen molar-refractivity contribution in [1.82, 2.24) is 4.90 Å². The van der Waals surface area contributed by atoms with Crippen molar-refractivity contribution in [3.8, 4) is 0 Å². The van der Waals surface area contributed by atoms with Gasteiger partial charge < -0.3 is 10.2 Å². The monoisotopic (exact) mass is 340 g/mol. The lowest BCUT2D eigenvalue weighted by Crippen LogP contribution is -2.42. The third-order valence-electron chi connectivity index (χ3n) is 6.58. The zero-order valence-electron chi connectivity index (χ0n) is 14.8. The molecule has 3 unspecified atom stereocenters. The number of hydrogen-bond acceptors (Lipinski definition) is 2. The number of fused-ring (bicyclic) bond motifs is 2. The third kappa shape index (κ3) is 3.73. The molecule has 1 saturated heterocycles. The number of carbonyl (C=O) groups excluding carboxylic acids is 2. The van der Waals surface area contributed by atoms with E-state index in [1.54, 1.807) is 0 Å². The predicted octanol–water partition coefficient (Wildman–Crippen LogP) is 3.69. The van der Waals surface area contributed by atoms with Gasteiger partial charge in [-0.1, -0.05) is 24.6 Å². The van der Waals surface area contributed by atoms with E-state index in [0.717, 1.165) is 49.9 Å². The number of para-hydroxylation sites is 1. The Morgan fingerprint density at radius 1 is 1.00 bits per heavy atom. The highest BCUT2D eigenvalue weighted by atomic mass is 16.2. The van der Waals surface area contributed by atoms with Gasteiger partial charge in [-0.3, -0.25) is 9.59 Å². The first-order chi connectivity index (χ1) is 12.2. The lowest BCUT2D eigenvalue weighted by Gasteiger charge is -2.33. The number of rotatable bonds is 4. The van der Waals surface area contributed by atoms with Gasteiger partial charge in [-0.2, -0.15) is 0 Å². The van der Waals surface area contributed by atoms with Crippen LogP contribution in [0.15, 0.2) is 30.3 Å². The van der Waals surface area contributed by atoms with Gasteiger partial charge in [0.2, 0.25) is 11.8 Å². The summed E-state index contributed by atoms with van der Waals surface area (Å²) in [5, 5.41) is 2.99. The van der Waals surface area contributed by atoms with E-state index in [1.165, 1.54) is 25.7 Å². The summed E-state index contributed by atoms with van der Waals surface area (Å²) in [6.07, 6.45) is 7.65. The molecule has 2 bridgehead atoms. The minimum absolute atomic E-state index is 0.0201. The number of amides is 2. The normalized spacial score (nSPS) is 29.0. The zero-order valence-corrected chi connectivity index (χ0v) is 14.8. The van der Waals surface area contributed by atoms with E-state index in [2.05, 4.69) is 5.32 Å². The van der Waals surface area contributed by atoms with Crippen LogP contribution in [0.2, 0.25) is 0 Å². The van der Waals surface area contributed by atoms with Gasteiger partial charge in [0.05, 0.1) is 0 Å². The van der Waals surface area contributed by atoms with Crippen LogP contribution < -0.4 is 5.32 Å². The van der Waals surface area contributed by atoms with E-state index < -0.39 is 0 Å². The van der Waals surface area contributed by atoms with Gasteiger partial charge >= 0.3 is 0 Å². The minimum Gasteiger partial charge on any atom is -0.343 e. The first kappa shape index (κ1) is 16.6. The van der Waals surface area contributed by atoms with Crippen molar-refractivity contribution in [3.63, 3.8) is 0 Å². The molecular formula is C21H28N2O2. The van der Waals surface area contributed by atoms with Crippen molar-refractivity contribution in [1.29, 1.82) is 0 Å². The van der Waals surface area contributed by atoms with Gasteiger partial charge in [-0.25, -0.2) is 0 Å². The lowest BCUT2D eigenvalue weighted by atomic mass is 9.85. The van der Waals surface area contributed by atoms with E-state index in [-0.39, 0.29) is 11.8 Å². The van der Waals surface area contributed by atoms with Crippen LogP contribution in [0.25, 0.3) is 0 Å².